The Kier molecular flexibility index (Phi) is 4.51. The van der Waals surface area contributed by atoms with Gasteiger partial charge >= 0.3 is 0 Å². The van der Waals surface area contributed by atoms with Crippen molar-refractivity contribution in [2.45, 2.75) is 26.4 Å². The lowest BCUT2D eigenvalue weighted by Gasteiger charge is -2.34. The Morgan fingerprint density at radius 3 is 2.69 bits per heavy atom. The van der Waals surface area contributed by atoms with Gasteiger partial charge in [-0.15, -0.1) is 5.10 Å². The number of benzene rings is 2. The lowest BCUT2D eigenvalue weighted by atomic mass is 10.1. The molecule has 0 radical (unpaired) electrons. The minimum absolute atomic E-state index is 0.127. The van der Waals surface area contributed by atoms with Crippen molar-refractivity contribution >= 4 is 28.5 Å². The van der Waals surface area contributed by atoms with E-state index in [1.165, 1.54) is 5.56 Å². The van der Waals surface area contributed by atoms with E-state index in [0.29, 0.717) is 10.9 Å². The molecule has 0 aliphatic carbocycles. The number of para-hydroxylation sites is 1. The number of hydrazone groups is 1. The number of hydrogen-bond acceptors (Lipinski definition) is 5. The largest absolute Gasteiger partial charge is 0.298 e. The fraction of sp³-hybridized carbons (Fsp3) is 0.250. The molecule has 0 fully saturated rings. The van der Waals surface area contributed by atoms with Crippen molar-refractivity contribution in [2.24, 2.45) is 10.1 Å². The second-order valence-corrected chi connectivity index (χ2v) is 7.42. The summed E-state index contributed by atoms with van der Waals surface area (Å²) in [4.78, 5) is 17.8. The first-order chi connectivity index (χ1) is 12.7. The van der Waals surface area contributed by atoms with E-state index in [-0.39, 0.29) is 12.1 Å². The zero-order valence-electron chi connectivity index (χ0n) is 14.8. The Balaban J connectivity index is 1.89. The average molecular weight is 364 g/mol. The van der Waals surface area contributed by atoms with Crippen molar-refractivity contribution in [1.82, 2.24) is 10.3 Å². The molecule has 2 aliphatic rings. The summed E-state index contributed by atoms with van der Waals surface area (Å²) in [6.07, 6.45) is 0.675. The molecule has 2 aromatic rings. The van der Waals surface area contributed by atoms with E-state index in [2.05, 4.69) is 43.4 Å². The fourth-order valence-corrected chi connectivity index (χ4v) is 3.75. The number of amidine groups is 1. The molecule has 0 saturated heterocycles. The first kappa shape index (κ1) is 16.8. The van der Waals surface area contributed by atoms with Crippen molar-refractivity contribution < 1.29 is 4.79 Å². The summed E-state index contributed by atoms with van der Waals surface area (Å²) in [6, 6.07) is 16.0. The van der Waals surface area contributed by atoms with Gasteiger partial charge in [-0.25, -0.2) is 5.01 Å². The molecular formula is C20H20N4OS. The van der Waals surface area contributed by atoms with Gasteiger partial charge in [-0.05, 0) is 25.0 Å². The van der Waals surface area contributed by atoms with Crippen LogP contribution in [0.4, 0.5) is 0 Å². The topological polar surface area (TPSA) is 57.1 Å². The monoisotopic (exact) mass is 364 g/mol. The number of nitrogens with one attached hydrogen (secondary N) is 1. The number of aryl methyl sites for hydroxylation is 1. The Morgan fingerprint density at radius 2 is 1.92 bits per heavy atom. The van der Waals surface area contributed by atoms with Gasteiger partial charge in [-0.1, -0.05) is 66.7 Å². The van der Waals surface area contributed by atoms with Crippen LogP contribution in [0.1, 0.15) is 30.6 Å². The van der Waals surface area contributed by atoms with Crippen molar-refractivity contribution in [3.8, 4) is 0 Å². The molecule has 6 heteroatoms. The molecule has 1 N–H and O–H groups in total. The van der Waals surface area contributed by atoms with Crippen molar-refractivity contribution in [1.29, 1.82) is 0 Å². The number of hydrogen-bond donors (Lipinski definition) is 1. The third-order valence-corrected chi connectivity index (χ3v) is 5.40. The van der Waals surface area contributed by atoms with Gasteiger partial charge in [0, 0.05) is 11.0 Å². The standard InChI is InChI=1S/C20H20N4OS/c1-3-12-26-20-22-19(25)17-15-6-4-5-7-16(15)21-18(24(17)23-20)14-10-8-13(2)9-11-14/h4-11,18H,3,12H2,1-2H3,(H,22,23,25)/t18-/m1/s1. The van der Waals surface area contributed by atoms with Crippen LogP contribution < -0.4 is 15.9 Å². The minimum atomic E-state index is -0.344. The van der Waals surface area contributed by atoms with Crippen molar-refractivity contribution in [2.75, 3.05) is 5.75 Å². The molecule has 26 heavy (non-hydrogen) atoms. The molecule has 0 bridgehead atoms. The SMILES string of the molecule is CCCSC1=NN2C(=c3ccccc3=N[C@H]2c2ccc(C)cc2)C(=O)N1. The van der Waals surface area contributed by atoms with Crippen LogP contribution in [-0.2, 0) is 4.79 Å². The van der Waals surface area contributed by atoms with E-state index in [9.17, 15) is 4.79 Å². The van der Waals surface area contributed by atoms with Crippen molar-refractivity contribution in [3.05, 3.63) is 70.2 Å². The van der Waals surface area contributed by atoms with E-state index < -0.39 is 0 Å². The maximum absolute atomic E-state index is 12.9. The van der Waals surface area contributed by atoms with Gasteiger partial charge in [0.25, 0.3) is 5.91 Å². The molecule has 132 valence electrons. The summed E-state index contributed by atoms with van der Waals surface area (Å²) in [5.74, 6) is 0.781. The van der Waals surface area contributed by atoms with Gasteiger partial charge < -0.3 is 0 Å². The summed E-state index contributed by atoms with van der Waals surface area (Å²) in [7, 11) is 0. The molecule has 5 nitrogen and oxygen atoms in total. The lowest BCUT2D eigenvalue weighted by molar-refractivity contribution is -0.116. The van der Waals surface area contributed by atoms with E-state index in [1.807, 2.05) is 24.3 Å². The molecule has 0 unspecified atom stereocenters. The highest BCUT2D eigenvalue weighted by atomic mass is 32.2. The van der Waals surface area contributed by atoms with E-state index in [0.717, 1.165) is 28.3 Å². The van der Waals surface area contributed by atoms with E-state index >= 15 is 0 Å². The number of carbonyl (C=O) groups is 1. The number of rotatable bonds is 3. The maximum Gasteiger partial charge on any atom is 0.276 e. The Labute approximate surface area is 156 Å². The molecule has 1 atom stereocenters. The second-order valence-electron chi connectivity index (χ2n) is 6.33. The van der Waals surface area contributed by atoms with Crippen LogP contribution in [0.3, 0.4) is 0 Å². The smallest absolute Gasteiger partial charge is 0.276 e. The van der Waals surface area contributed by atoms with Crippen molar-refractivity contribution in [3.63, 3.8) is 0 Å². The number of nitrogens with zero attached hydrogens (tertiary/aromatic N) is 3. The summed E-state index contributed by atoms with van der Waals surface area (Å²) in [6.45, 7) is 4.16. The Hall–Kier alpha value is -2.60. The van der Waals surface area contributed by atoms with Crippen LogP contribution in [0, 0.1) is 6.92 Å². The third kappa shape index (κ3) is 3.01. The van der Waals surface area contributed by atoms with Crippen LogP contribution in [0.25, 0.3) is 5.70 Å². The lowest BCUT2D eigenvalue weighted by Crippen LogP contribution is -2.50. The van der Waals surface area contributed by atoms with Crippen LogP contribution in [-0.4, -0.2) is 21.8 Å². The molecular weight excluding hydrogens is 344 g/mol. The highest BCUT2D eigenvalue weighted by molar-refractivity contribution is 8.13. The molecule has 2 aliphatic heterocycles. The van der Waals surface area contributed by atoms with Gasteiger partial charge in [0.1, 0.15) is 5.70 Å². The van der Waals surface area contributed by atoms with E-state index in [4.69, 9.17) is 10.1 Å². The van der Waals surface area contributed by atoms with Gasteiger partial charge in [0.2, 0.25) is 0 Å². The summed E-state index contributed by atoms with van der Waals surface area (Å²) in [5, 5.41) is 11.7. The number of thioether (sulfide) groups is 1. The summed E-state index contributed by atoms with van der Waals surface area (Å²) in [5.41, 5.74) is 2.76. The predicted octanol–water partition coefficient (Wildman–Crippen LogP) is 2.28. The number of carbonyl (C=O) groups excluding carboxylic acids is 1. The fourth-order valence-electron chi connectivity index (χ4n) is 3.05. The summed E-state index contributed by atoms with van der Waals surface area (Å²) >= 11 is 1.56. The molecule has 4 rings (SSSR count). The summed E-state index contributed by atoms with van der Waals surface area (Å²) < 4.78 is 0. The molecule has 2 heterocycles. The zero-order chi connectivity index (χ0) is 18.1. The van der Waals surface area contributed by atoms with Crippen LogP contribution in [0.5, 0.6) is 0 Å². The average Bonchev–Trinajstić information content (AvgIpc) is 2.66. The second kappa shape index (κ2) is 6.96. The number of fused-ring (bicyclic) bond motifs is 2. The molecule has 0 spiro atoms. The maximum atomic E-state index is 12.9. The molecule has 0 saturated carbocycles. The van der Waals surface area contributed by atoms with Crippen LogP contribution in [0.2, 0.25) is 0 Å². The van der Waals surface area contributed by atoms with E-state index in [1.54, 1.807) is 16.8 Å². The highest BCUT2D eigenvalue weighted by Gasteiger charge is 2.34. The Morgan fingerprint density at radius 1 is 1.15 bits per heavy atom. The molecule has 2 aromatic carbocycles. The first-order valence-electron chi connectivity index (χ1n) is 8.73. The molecule has 0 aromatic heterocycles. The van der Waals surface area contributed by atoms with Gasteiger partial charge in [0.15, 0.2) is 11.3 Å². The van der Waals surface area contributed by atoms with Gasteiger partial charge in [-0.3, -0.25) is 15.1 Å². The third-order valence-electron chi connectivity index (χ3n) is 4.33. The van der Waals surface area contributed by atoms with Crippen LogP contribution >= 0.6 is 11.8 Å². The van der Waals surface area contributed by atoms with Gasteiger partial charge in [-0.2, -0.15) is 0 Å². The number of amides is 1. The highest BCUT2D eigenvalue weighted by Crippen LogP contribution is 2.30. The predicted molar refractivity (Wildman–Crippen MR) is 105 cm³/mol. The van der Waals surface area contributed by atoms with Gasteiger partial charge in [0.05, 0.1) is 5.36 Å². The first-order valence-corrected chi connectivity index (χ1v) is 9.71. The Bertz CT molecular complexity index is 997. The van der Waals surface area contributed by atoms with Crippen LogP contribution in [0.15, 0.2) is 58.6 Å². The molecule has 1 amide bonds. The zero-order valence-corrected chi connectivity index (χ0v) is 15.6. The quantitative estimate of drug-likeness (QED) is 0.909. The minimum Gasteiger partial charge on any atom is -0.298 e. The normalized spacial score (nSPS) is 18.5.